The van der Waals surface area contributed by atoms with Crippen LogP contribution in [0.2, 0.25) is 5.02 Å². The van der Waals surface area contributed by atoms with Crippen LogP contribution in [0.15, 0.2) is 58.5 Å². The van der Waals surface area contributed by atoms with E-state index in [-0.39, 0.29) is 0 Å². The Kier molecular flexibility index (Phi) is 3.05. The van der Waals surface area contributed by atoms with Gasteiger partial charge in [0.2, 0.25) is 5.90 Å². The Balaban J connectivity index is 2.09. The Bertz CT molecular complexity index is 678. The molecule has 0 aromatic heterocycles. The first-order valence-corrected chi connectivity index (χ1v) is 6.27. The molecule has 0 bridgehead atoms. The summed E-state index contributed by atoms with van der Waals surface area (Å²) in [5.41, 5.74) is 1.64. The minimum atomic E-state index is 0.530. The van der Waals surface area contributed by atoms with Crippen LogP contribution < -0.4 is 4.74 Å². The van der Waals surface area contributed by atoms with Crippen LogP contribution >= 0.6 is 11.6 Å². The van der Waals surface area contributed by atoms with Crippen molar-refractivity contribution in [2.75, 3.05) is 0 Å². The van der Waals surface area contributed by atoms with Crippen LogP contribution in [0.3, 0.4) is 0 Å². The number of halogens is 1. The molecule has 3 nitrogen and oxygen atoms in total. The lowest BCUT2D eigenvalue weighted by Gasteiger charge is -2.08. The molecule has 0 aliphatic carbocycles. The van der Waals surface area contributed by atoms with Gasteiger partial charge < -0.3 is 4.74 Å². The molecule has 0 fully saturated rings. The second kappa shape index (κ2) is 4.86. The molecule has 0 saturated carbocycles. The lowest BCUT2D eigenvalue weighted by molar-refractivity contribution is 0.557. The predicted molar refractivity (Wildman–Crippen MR) is 77.8 cm³/mol. The normalized spacial score (nSPS) is 13.8. The zero-order valence-corrected chi connectivity index (χ0v) is 11.1. The Labute approximate surface area is 116 Å². The lowest BCUT2D eigenvalue weighted by Crippen LogP contribution is -2.10. The molecule has 19 heavy (non-hydrogen) atoms. The van der Waals surface area contributed by atoms with Crippen molar-refractivity contribution < 1.29 is 4.74 Å². The van der Waals surface area contributed by atoms with Crippen LogP contribution in [0, 0.1) is 0 Å². The van der Waals surface area contributed by atoms with Crippen LogP contribution in [0.5, 0.6) is 5.75 Å². The highest BCUT2D eigenvalue weighted by atomic mass is 35.5. The molecule has 1 aliphatic heterocycles. The minimum Gasteiger partial charge on any atom is -0.436 e. The SMILES string of the molecule is CC1=Nc2ccc(Cl)cc2OC(c2ccccc2)=N1. The van der Waals surface area contributed by atoms with Gasteiger partial charge in [0.05, 0.1) is 0 Å². The summed E-state index contributed by atoms with van der Waals surface area (Å²) in [4.78, 5) is 8.79. The molecule has 0 radical (unpaired) electrons. The molecular weight excluding hydrogens is 260 g/mol. The standard InChI is InChI=1S/C15H11ClN2O/c1-10-17-13-8-7-12(16)9-14(13)19-15(18-10)11-5-3-2-4-6-11/h2-9H,1H3. The molecule has 94 valence electrons. The van der Waals surface area contributed by atoms with Gasteiger partial charge in [-0.15, -0.1) is 0 Å². The van der Waals surface area contributed by atoms with Crippen molar-refractivity contribution in [2.45, 2.75) is 6.92 Å². The van der Waals surface area contributed by atoms with Crippen molar-refractivity contribution in [2.24, 2.45) is 9.98 Å². The summed E-state index contributed by atoms with van der Waals surface area (Å²) in [5, 5.41) is 0.612. The number of aliphatic imine (C=N–C) groups is 2. The number of hydrogen-bond acceptors (Lipinski definition) is 3. The summed E-state index contributed by atoms with van der Waals surface area (Å²) in [6.07, 6.45) is 0. The smallest absolute Gasteiger partial charge is 0.228 e. The highest BCUT2D eigenvalue weighted by molar-refractivity contribution is 6.30. The number of hydrogen-bond donors (Lipinski definition) is 0. The first-order chi connectivity index (χ1) is 9.22. The first-order valence-electron chi connectivity index (χ1n) is 5.89. The van der Waals surface area contributed by atoms with E-state index in [0.29, 0.717) is 22.5 Å². The lowest BCUT2D eigenvalue weighted by atomic mass is 10.2. The third-order valence-corrected chi connectivity index (χ3v) is 2.93. The Morgan fingerprint density at radius 3 is 2.58 bits per heavy atom. The number of amidine groups is 1. The van der Waals surface area contributed by atoms with Gasteiger partial charge in [-0.1, -0.05) is 29.8 Å². The topological polar surface area (TPSA) is 34.0 Å². The number of ether oxygens (including phenoxy) is 1. The molecule has 1 heterocycles. The third-order valence-electron chi connectivity index (χ3n) is 2.69. The molecule has 4 heteroatoms. The molecule has 0 amide bonds. The van der Waals surface area contributed by atoms with Crippen molar-refractivity contribution in [3.8, 4) is 5.75 Å². The van der Waals surface area contributed by atoms with Crippen LogP contribution in [0.4, 0.5) is 5.69 Å². The first kappa shape index (κ1) is 11.9. The molecule has 0 saturated heterocycles. The summed E-state index contributed by atoms with van der Waals surface area (Å²) < 4.78 is 5.85. The van der Waals surface area contributed by atoms with E-state index in [9.17, 15) is 0 Å². The van der Waals surface area contributed by atoms with E-state index < -0.39 is 0 Å². The average Bonchev–Trinajstić information content (AvgIpc) is 2.58. The summed E-state index contributed by atoms with van der Waals surface area (Å²) in [6.45, 7) is 1.84. The van der Waals surface area contributed by atoms with E-state index >= 15 is 0 Å². The van der Waals surface area contributed by atoms with Gasteiger partial charge >= 0.3 is 0 Å². The maximum Gasteiger partial charge on any atom is 0.228 e. The van der Waals surface area contributed by atoms with Crippen molar-refractivity contribution >= 4 is 29.0 Å². The van der Waals surface area contributed by atoms with Gasteiger partial charge in [-0.3, -0.25) is 0 Å². The monoisotopic (exact) mass is 270 g/mol. The maximum absolute atomic E-state index is 5.99. The van der Waals surface area contributed by atoms with Crippen molar-refractivity contribution in [3.63, 3.8) is 0 Å². The number of nitrogens with zero attached hydrogens (tertiary/aromatic N) is 2. The van der Waals surface area contributed by atoms with Crippen LogP contribution in [0.25, 0.3) is 0 Å². The molecule has 0 unspecified atom stereocenters. The van der Waals surface area contributed by atoms with E-state index in [1.54, 1.807) is 12.1 Å². The quantitative estimate of drug-likeness (QED) is 0.763. The molecule has 1 aliphatic rings. The van der Waals surface area contributed by atoms with Gasteiger partial charge in [-0.05, 0) is 31.2 Å². The van der Waals surface area contributed by atoms with Gasteiger partial charge in [-0.25, -0.2) is 4.99 Å². The molecule has 0 atom stereocenters. The van der Waals surface area contributed by atoms with E-state index in [0.717, 1.165) is 11.3 Å². The van der Waals surface area contributed by atoms with Crippen LogP contribution in [0.1, 0.15) is 12.5 Å². The van der Waals surface area contributed by atoms with E-state index in [1.807, 2.05) is 43.3 Å². The van der Waals surface area contributed by atoms with Gasteiger partial charge in [0.1, 0.15) is 11.5 Å². The van der Waals surface area contributed by atoms with Gasteiger partial charge in [0.25, 0.3) is 0 Å². The number of benzene rings is 2. The fourth-order valence-corrected chi connectivity index (χ4v) is 2.00. The zero-order chi connectivity index (χ0) is 13.2. The second-order valence-electron chi connectivity index (χ2n) is 4.16. The molecule has 2 aromatic rings. The Morgan fingerprint density at radius 2 is 1.79 bits per heavy atom. The number of fused-ring (bicyclic) bond motifs is 1. The Hall–Kier alpha value is -2.13. The second-order valence-corrected chi connectivity index (χ2v) is 4.59. The summed E-state index contributed by atoms with van der Waals surface area (Å²) >= 11 is 5.99. The van der Waals surface area contributed by atoms with Crippen LogP contribution in [-0.4, -0.2) is 11.7 Å². The molecule has 0 N–H and O–H groups in total. The highest BCUT2D eigenvalue weighted by Crippen LogP contribution is 2.33. The summed E-state index contributed by atoms with van der Waals surface area (Å²) in [5.74, 6) is 1.80. The molecule has 3 rings (SSSR count). The summed E-state index contributed by atoms with van der Waals surface area (Å²) in [6, 6.07) is 15.1. The fourth-order valence-electron chi connectivity index (χ4n) is 1.84. The third kappa shape index (κ3) is 2.51. The van der Waals surface area contributed by atoms with Crippen molar-refractivity contribution in [1.82, 2.24) is 0 Å². The highest BCUT2D eigenvalue weighted by Gasteiger charge is 2.14. The largest absolute Gasteiger partial charge is 0.436 e. The van der Waals surface area contributed by atoms with Crippen molar-refractivity contribution in [3.05, 3.63) is 59.1 Å². The fraction of sp³-hybridized carbons (Fsp3) is 0.0667. The maximum atomic E-state index is 5.99. The van der Waals surface area contributed by atoms with Gasteiger partial charge in [-0.2, -0.15) is 4.99 Å². The van der Waals surface area contributed by atoms with Gasteiger partial charge in [0.15, 0.2) is 5.75 Å². The molecular formula is C15H11ClN2O. The number of rotatable bonds is 1. The Morgan fingerprint density at radius 1 is 1.00 bits per heavy atom. The molecule has 0 spiro atoms. The van der Waals surface area contributed by atoms with Gasteiger partial charge in [0, 0.05) is 16.7 Å². The van der Waals surface area contributed by atoms with E-state index in [1.165, 1.54) is 0 Å². The molecule has 2 aromatic carbocycles. The van der Waals surface area contributed by atoms with E-state index in [4.69, 9.17) is 16.3 Å². The van der Waals surface area contributed by atoms with Crippen molar-refractivity contribution in [1.29, 1.82) is 0 Å². The predicted octanol–water partition coefficient (Wildman–Crippen LogP) is 4.23. The van der Waals surface area contributed by atoms with E-state index in [2.05, 4.69) is 9.98 Å². The van der Waals surface area contributed by atoms with Crippen LogP contribution in [-0.2, 0) is 0 Å². The average molecular weight is 271 g/mol. The summed E-state index contributed by atoms with van der Waals surface area (Å²) in [7, 11) is 0. The zero-order valence-electron chi connectivity index (χ0n) is 10.3. The minimum absolute atomic E-state index is 0.530.